The van der Waals surface area contributed by atoms with Gasteiger partial charge in [0.2, 0.25) is 0 Å². The van der Waals surface area contributed by atoms with Crippen LogP contribution >= 0.6 is 27.3 Å². The molecule has 0 bridgehead atoms. The van der Waals surface area contributed by atoms with Crippen LogP contribution in [0.15, 0.2) is 16.2 Å². The summed E-state index contributed by atoms with van der Waals surface area (Å²) in [5, 5.41) is 5.54. The Bertz CT molecular complexity index is 854. The van der Waals surface area contributed by atoms with Crippen LogP contribution in [-0.4, -0.2) is 42.6 Å². The van der Waals surface area contributed by atoms with Crippen LogP contribution in [0.25, 0.3) is 5.78 Å². The monoisotopic (exact) mass is 436 g/mol. The average Bonchev–Trinajstić information content (AvgIpc) is 3.22. The Balaban J connectivity index is 0.000000948. The maximum atomic E-state index is 4.65. The van der Waals surface area contributed by atoms with Gasteiger partial charge in [-0.15, -0.1) is 11.3 Å². The summed E-state index contributed by atoms with van der Waals surface area (Å²) in [6.45, 7) is 11.1. The molecule has 1 aliphatic rings. The van der Waals surface area contributed by atoms with Crippen molar-refractivity contribution >= 4 is 33.0 Å². The van der Waals surface area contributed by atoms with Crippen molar-refractivity contribution in [3.8, 4) is 0 Å². The summed E-state index contributed by atoms with van der Waals surface area (Å²) in [6, 6.07) is 2.15. The number of likely N-dealkylation sites (tertiary alicyclic amines) is 1. The lowest BCUT2D eigenvalue weighted by Crippen LogP contribution is -2.34. The zero-order chi connectivity index (χ0) is 18.7. The fourth-order valence-corrected chi connectivity index (χ4v) is 4.86. The minimum Gasteiger partial charge on any atom is -0.296 e. The molecule has 0 radical (unpaired) electrons. The number of hydrogen-bond donors (Lipinski definition) is 0. The van der Waals surface area contributed by atoms with Crippen LogP contribution < -0.4 is 0 Å². The predicted molar refractivity (Wildman–Crippen MR) is 109 cm³/mol. The van der Waals surface area contributed by atoms with E-state index in [9.17, 15) is 0 Å². The lowest BCUT2D eigenvalue weighted by atomic mass is 9.94. The molecular weight excluding hydrogens is 412 g/mol. The summed E-state index contributed by atoms with van der Waals surface area (Å²) in [6.07, 6.45) is 3.95. The summed E-state index contributed by atoms with van der Waals surface area (Å²) in [7, 11) is 0. The van der Waals surface area contributed by atoms with Crippen molar-refractivity contribution in [2.75, 3.05) is 13.1 Å². The first kappa shape index (κ1) is 19.4. The lowest BCUT2D eigenvalue weighted by Gasteiger charge is -2.32. The summed E-state index contributed by atoms with van der Waals surface area (Å²) in [5.41, 5.74) is 3.30. The number of nitrogens with zero attached hydrogens (tertiary/aromatic N) is 6. The molecule has 3 aromatic rings. The van der Waals surface area contributed by atoms with Crippen molar-refractivity contribution in [3.05, 3.63) is 38.3 Å². The smallest absolute Gasteiger partial charge is 0.252 e. The van der Waals surface area contributed by atoms with E-state index in [-0.39, 0.29) is 0 Å². The molecule has 1 unspecified atom stereocenters. The summed E-state index contributed by atoms with van der Waals surface area (Å²) < 4.78 is 3.03. The van der Waals surface area contributed by atoms with Gasteiger partial charge in [0.25, 0.3) is 5.78 Å². The molecular formula is C18H25BrN6S. The average molecular weight is 437 g/mol. The molecule has 140 valence electrons. The molecule has 0 amide bonds. The maximum Gasteiger partial charge on any atom is 0.252 e. The van der Waals surface area contributed by atoms with Gasteiger partial charge in [-0.3, -0.25) is 4.90 Å². The molecule has 4 heterocycles. The third-order valence-corrected chi connectivity index (χ3v) is 6.46. The fraction of sp³-hybridized carbons (Fsp3) is 0.556. The molecule has 0 saturated carbocycles. The Morgan fingerprint density at radius 3 is 2.81 bits per heavy atom. The molecule has 1 atom stereocenters. The largest absolute Gasteiger partial charge is 0.296 e. The molecule has 0 aliphatic carbocycles. The molecule has 0 spiro atoms. The molecule has 26 heavy (non-hydrogen) atoms. The second kappa shape index (κ2) is 8.54. The Hall–Kier alpha value is -1.38. The van der Waals surface area contributed by atoms with Gasteiger partial charge in [-0.2, -0.15) is 10.1 Å². The van der Waals surface area contributed by atoms with Crippen molar-refractivity contribution in [1.82, 2.24) is 29.5 Å². The van der Waals surface area contributed by atoms with Crippen molar-refractivity contribution in [3.63, 3.8) is 0 Å². The number of piperidine rings is 1. The van der Waals surface area contributed by atoms with Gasteiger partial charge in [0.15, 0.2) is 0 Å². The van der Waals surface area contributed by atoms with Gasteiger partial charge in [-0.25, -0.2) is 14.5 Å². The molecule has 1 fully saturated rings. The fourth-order valence-electron chi connectivity index (χ4n) is 3.38. The third kappa shape index (κ3) is 4.13. The SMILES string of the molecule is CC.Cc1cc(C2CCCN(Cc3nc(C)c(Br)s3)C2)n2ncnc2n1. The first-order valence-corrected chi connectivity index (χ1v) is 10.7. The number of aromatic nitrogens is 5. The number of hydrogen-bond acceptors (Lipinski definition) is 6. The van der Waals surface area contributed by atoms with Crippen molar-refractivity contribution in [2.24, 2.45) is 0 Å². The topological polar surface area (TPSA) is 59.2 Å². The van der Waals surface area contributed by atoms with E-state index in [0.29, 0.717) is 11.7 Å². The second-order valence-corrected chi connectivity index (χ2v) is 8.74. The van der Waals surface area contributed by atoms with E-state index >= 15 is 0 Å². The number of rotatable bonds is 3. The second-order valence-electron chi connectivity index (χ2n) is 6.34. The van der Waals surface area contributed by atoms with Gasteiger partial charge < -0.3 is 0 Å². The molecule has 0 N–H and O–H groups in total. The predicted octanol–water partition coefficient (Wildman–Crippen LogP) is 4.37. The highest BCUT2D eigenvalue weighted by atomic mass is 79.9. The first-order valence-electron chi connectivity index (χ1n) is 9.11. The number of aryl methyl sites for hydroxylation is 2. The number of fused-ring (bicyclic) bond motifs is 1. The molecule has 1 aliphatic heterocycles. The maximum absolute atomic E-state index is 4.65. The Morgan fingerprint density at radius 1 is 1.27 bits per heavy atom. The summed E-state index contributed by atoms with van der Waals surface area (Å²) in [5.74, 6) is 1.15. The molecule has 8 heteroatoms. The van der Waals surface area contributed by atoms with Crippen molar-refractivity contribution < 1.29 is 0 Å². The van der Waals surface area contributed by atoms with Crippen molar-refractivity contribution in [2.45, 2.75) is 53.0 Å². The van der Waals surface area contributed by atoms with Crippen molar-refractivity contribution in [1.29, 1.82) is 0 Å². The zero-order valence-corrected chi connectivity index (χ0v) is 18.1. The standard InChI is InChI=1S/C16H19BrN6S.C2H6/c1-10-6-13(23-16(20-10)18-9-19-23)12-4-3-5-22(7-12)8-14-21-11(2)15(17)24-14;1-2/h6,9,12H,3-5,7-8H2,1-2H3;1-2H3. The van der Waals surface area contributed by atoms with Crippen LogP contribution in [0.4, 0.5) is 0 Å². The van der Waals surface area contributed by atoms with Gasteiger partial charge in [0.05, 0.1) is 21.7 Å². The molecule has 4 rings (SSSR count). The van der Waals surface area contributed by atoms with Crippen LogP contribution in [0.3, 0.4) is 0 Å². The molecule has 3 aromatic heterocycles. The quantitative estimate of drug-likeness (QED) is 0.609. The van der Waals surface area contributed by atoms with Gasteiger partial charge in [0.1, 0.15) is 11.3 Å². The van der Waals surface area contributed by atoms with Gasteiger partial charge in [0, 0.05) is 18.2 Å². The van der Waals surface area contributed by atoms with Crippen LogP contribution in [-0.2, 0) is 6.54 Å². The van der Waals surface area contributed by atoms with E-state index in [1.165, 1.54) is 23.5 Å². The highest BCUT2D eigenvalue weighted by molar-refractivity contribution is 9.11. The molecule has 1 saturated heterocycles. The minimum atomic E-state index is 0.453. The lowest BCUT2D eigenvalue weighted by molar-refractivity contribution is 0.197. The van der Waals surface area contributed by atoms with E-state index < -0.39 is 0 Å². The van der Waals surface area contributed by atoms with Crippen LogP contribution in [0.2, 0.25) is 0 Å². The van der Waals surface area contributed by atoms with E-state index in [4.69, 9.17) is 0 Å². The molecule has 0 aromatic carbocycles. The Labute approximate surface area is 166 Å². The van der Waals surface area contributed by atoms with Gasteiger partial charge in [-0.05, 0) is 55.2 Å². The van der Waals surface area contributed by atoms with Gasteiger partial charge in [-0.1, -0.05) is 13.8 Å². The molecule has 6 nitrogen and oxygen atoms in total. The van der Waals surface area contributed by atoms with E-state index in [2.05, 4.69) is 46.9 Å². The Kier molecular flexibility index (Phi) is 6.37. The highest BCUT2D eigenvalue weighted by Crippen LogP contribution is 2.30. The van der Waals surface area contributed by atoms with E-state index in [1.54, 1.807) is 17.7 Å². The number of halogens is 1. The number of thiazole rings is 1. The Morgan fingerprint density at radius 2 is 2.08 bits per heavy atom. The van der Waals surface area contributed by atoms with Crippen LogP contribution in [0, 0.1) is 13.8 Å². The van der Waals surface area contributed by atoms with Gasteiger partial charge >= 0.3 is 0 Å². The van der Waals surface area contributed by atoms with Crippen LogP contribution in [0.5, 0.6) is 0 Å². The summed E-state index contributed by atoms with van der Waals surface area (Å²) >= 11 is 5.31. The zero-order valence-electron chi connectivity index (χ0n) is 15.7. The third-order valence-electron chi connectivity index (χ3n) is 4.47. The van der Waals surface area contributed by atoms with E-state index in [1.807, 2.05) is 32.2 Å². The highest BCUT2D eigenvalue weighted by Gasteiger charge is 2.25. The summed E-state index contributed by atoms with van der Waals surface area (Å²) in [4.78, 5) is 15.8. The minimum absolute atomic E-state index is 0.453. The van der Waals surface area contributed by atoms with Crippen LogP contribution in [0.1, 0.15) is 54.7 Å². The first-order chi connectivity index (χ1) is 12.6. The van der Waals surface area contributed by atoms with E-state index in [0.717, 1.165) is 34.8 Å². The normalized spacial score (nSPS) is 18.0.